The number of carbonyl (C=O) groups excluding carboxylic acids is 2. The van der Waals surface area contributed by atoms with Crippen LogP contribution in [0.25, 0.3) is 0 Å². The van der Waals surface area contributed by atoms with E-state index < -0.39 is 6.10 Å². The van der Waals surface area contributed by atoms with Crippen LogP contribution in [0.1, 0.15) is 24.2 Å². The Morgan fingerprint density at radius 3 is 2.14 bits per heavy atom. The van der Waals surface area contributed by atoms with Crippen LogP contribution in [-0.4, -0.2) is 24.5 Å². The van der Waals surface area contributed by atoms with Crippen LogP contribution in [0.5, 0.6) is 5.75 Å². The normalized spacial score (nSPS) is 11.4. The molecule has 5 heteroatoms. The molecule has 148 valence electrons. The highest BCUT2D eigenvalue weighted by Gasteiger charge is 2.22. The Morgan fingerprint density at radius 1 is 0.897 bits per heavy atom. The van der Waals surface area contributed by atoms with Gasteiger partial charge in [0.15, 0.2) is 6.10 Å². The Labute approximate surface area is 170 Å². The highest BCUT2D eigenvalue weighted by atomic mass is 16.5. The maximum Gasteiger partial charge on any atom is 0.265 e. The summed E-state index contributed by atoms with van der Waals surface area (Å²) in [6.07, 6.45) is -0.711. The summed E-state index contributed by atoms with van der Waals surface area (Å²) in [5.74, 6) is 0.115. The molecule has 3 rings (SSSR count). The predicted octanol–water partition coefficient (Wildman–Crippen LogP) is 4.76. The summed E-state index contributed by atoms with van der Waals surface area (Å²) in [5, 5.41) is 2.83. The van der Waals surface area contributed by atoms with Crippen molar-refractivity contribution < 1.29 is 14.3 Å². The third-order valence-electron chi connectivity index (χ3n) is 4.47. The van der Waals surface area contributed by atoms with Gasteiger partial charge in [-0.2, -0.15) is 0 Å². The highest BCUT2D eigenvalue weighted by Crippen LogP contribution is 2.22. The first kappa shape index (κ1) is 20.1. The van der Waals surface area contributed by atoms with E-state index in [2.05, 4.69) is 5.32 Å². The van der Waals surface area contributed by atoms with Crippen LogP contribution in [0.4, 0.5) is 11.4 Å². The van der Waals surface area contributed by atoms with Gasteiger partial charge in [0.2, 0.25) is 0 Å². The molecule has 0 heterocycles. The van der Waals surface area contributed by atoms with E-state index in [1.54, 1.807) is 48.2 Å². The average molecular weight is 388 g/mol. The van der Waals surface area contributed by atoms with Gasteiger partial charge in [-0.15, -0.1) is 0 Å². The monoisotopic (exact) mass is 388 g/mol. The average Bonchev–Trinajstić information content (AvgIpc) is 2.76. The maximum absolute atomic E-state index is 13.2. The summed E-state index contributed by atoms with van der Waals surface area (Å²) in [7, 11) is 0. The molecule has 0 saturated carbocycles. The van der Waals surface area contributed by atoms with Gasteiger partial charge in [0.1, 0.15) is 5.75 Å². The number of carbonyl (C=O) groups is 2. The lowest BCUT2D eigenvalue weighted by atomic mass is 10.1. The third kappa shape index (κ3) is 5.02. The van der Waals surface area contributed by atoms with E-state index in [1.807, 2.05) is 55.5 Å². The summed E-state index contributed by atoms with van der Waals surface area (Å²) in [4.78, 5) is 27.5. The third-order valence-corrected chi connectivity index (χ3v) is 4.47. The van der Waals surface area contributed by atoms with Gasteiger partial charge in [0.05, 0.1) is 11.3 Å². The van der Waals surface area contributed by atoms with Gasteiger partial charge in [-0.05, 0) is 50.2 Å². The van der Waals surface area contributed by atoms with Crippen molar-refractivity contribution in [1.82, 2.24) is 0 Å². The smallest absolute Gasteiger partial charge is 0.265 e. The highest BCUT2D eigenvalue weighted by molar-refractivity contribution is 6.11. The fraction of sp³-hybridized carbons (Fsp3) is 0.167. The topological polar surface area (TPSA) is 58.6 Å². The second kappa shape index (κ2) is 9.55. The minimum absolute atomic E-state index is 0.175. The molecule has 0 bridgehead atoms. The van der Waals surface area contributed by atoms with Crippen molar-refractivity contribution in [2.75, 3.05) is 16.8 Å². The molecule has 1 atom stereocenters. The lowest BCUT2D eigenvalue weighted by Gasteiger charge is -2.23. The Kier molecular flexibility index (Phi) is 6.63. The summed E-state index contributed by atoms with van der Waals surface area (Å²) in [5.41, 5.74) is 1.70. The van der Waals surface area contributed by atoms with Crippen LogP contribution in [-0.2, 0) is 4.79 Å². The SMILES string of the molecule is CCN(C(=O)c1ccccc1NC(=O)C(C)Oc1ccccc1)c1ccccc1. The van der Waals surface area contributed by atoms with Gasteiger partial charge in [-0.3, -0.25) is 9.59 Å². The van der Waals surface area contributed by atoms with E-state index in [9.17, 15) is 9.59 Å². The van der Waals surface area contributed by atoms with Gasteiger partial charge in [0, 0.05) is 12.2 Å². The molecule has 0 saturated heterocycles. The molecule has 1 N–H and O–H groups in total. The minimum Gasteiger partial charge on any atom is -0.481 e. The van der Waals surface area contributed by atoms with Crippen molar-refractivity contribution in [3.63, 3.8) is 0 Å². The molecular weight excluding hydrogens is 364 g/mol. The zero-order chi connectivity index (χ0) is 20.6. The molecule has 0 spiro atoms. The standard InChI is InChI=1S/C24H24N2O3/c1-3-26(19-12-6-4-7-13-19)24(28)21-16-10-11-17-22(21)25-23(27)18(2)29-20-14-8-5-9-15-20/h4-18H,3H2,1-2H3,(H,25,27). The van der Waals surface area contributed by atoms with Gasteiger partial charge in [-0.1, -0.05) is 48.5 Å². The van der Waals surface area contributed by atoms with Gasteiger partial charge < -0.3 is 15.0 Å². The molecule has 1 unspecified atom stereocenters. The first-order valence-electron chi connectivity index (χ1n) is 9.58. The Bertz CT molecular complexity index is 958. The first-order chi connectivity index (χ1) is 14.1. The number of benzene rings is 3. The molecule has 0 aliphatic heterocycles. The van der Waals surface area contributed by atoms with E-state index in [-0.39, 0.29) is 11.8 Å². The maximum atomic E-state index is 13.2. The number of nitrogens with one attached hydrogen (secondary N) is 1. The summed E-state index contributed by atoms with van der Waals surface area (Å²) < 4.78 is 5.68. The van der Waals surface area contributed by atoms with Crippen molar-refractivity contribution in [1.29, 1.82) is 0 Å². The number of para-hydroxylation sites is 3. The fourth-order valence-corrected chi connectivity index (χ4v) is 2.97. The molecule has 0 radical (unpaired) electrons. The van der Waals surface area contributed by atoms with Gasteiger partial charge in [0.25, 0.3) is 11.8 Å². The quantitative estimate of drug-likeness (QED) is 0.635. The number of hydrogen-bond acceptors (Lipinski definition) is 3. The lowest BCUT2D eigenvalue weighted by molar-refractivity contribution is -0.122. The molecular formula is C24H24N2O3. The molecule has 0 aliphatic rings. The summed E-state index contributed by atoms with van der Waals surface area (Å²) >= 11 is 0. The zero-order valence-electron chi connectivity index (χ0n) is 16.5. The van der Waals surface area contributed by atoms with Gasteiger partial charge in [-0.25, -0.2) is 0 Å². The Hall–Kier alpha value is -3.60. The number of amides is 2. The fourth-order valence-electron chi connectivity index (χ4n) is 2.97. The van der Waals surface area contributed by atoms with Crippen molar-refractivity contribution in [3.05, 3.63) is 90.5 Å². The molecule has 0 fully saturated rings. The molecule has 2 amide bonds. The Morgan fingerprint density at radius 2 is 1.48 bits per heavy atom. The van der Waals surface area contributed by atoms with Gasteiger partial charge >= 0.3 is 0 Å². The van der Waals surface area contributed by atoms with Crippen LogP contribution < -0.4 is 15.0 Å². The predicted molar refractivity (Wildman–Crippen MR) is 115 cm³/mol. The van der Waals surface area contributed by atoms with Crippen molar-refractivity contribution >= 4 is 23.2 Å². The molecule has 29 heavy (non-hydrogen) atoms. The largest absolute Gasteiger partial charge is 0.481 e. The summed E-state index contributed by atoms with van der Waals surface area (Å²) in [6, 6.07) is 25.6. The van der Waals surface area contributed by atoms with Crippen LogP contribution >= 0.6 is 0 Å². The number of anilines is 2. The van der Waals surface area contributed by atoms with Crippen LogP contribution in [0, 0.1) is 0 Å². The van der Waals surface area contributed by atoms with Crippen molar-refractivity contribution in [2.24, 2.45) is 0 Å². The van der Waals surface area contributed by atoms with E-state index in [1.165, 1.54) is 0 Å². The van der Waals surface area contributed by atoms with Crippen molar-refractivity contribution in [2.45, 2.75) is 20.0 Å². The number of nitrogens with zero attached hydrogens (tertiary/aromatic N) is 1. The van der Waals surface area contributed by atoms with E-state index in [4.69, 9.17) is 4.74 Å². The van der Waals surface area contributed by atoms with E-state index in [0.29, 0.717) is 23.5 Å². The molecule has 3 aromatic rings. The minimum atomic E-state index is -0.711. The Balaban J connectivity index is 1.77. The second-order valence-corrected chi connectivity index (χ2v) is 6.49. The summed E-state index contributed by atoms with van der Waals surface area (Å²) in [6.45, 7) is 4.11. The molecule has 3 aromatic carbocycles. The van der Waals surface area contributed by atoms with Crippen LogP contribution in [0.3, 0.4) is 0 Å². The molecule has 5 nitrogen and oxygen atoms in total. The zero-order valence-corrected chi connectivity index (χ0v) is 16.5. The number of hydrogen-bond donors (Lipinski definition) is 1. The second-order valence-electron chi connectivity index (χ2n) is 6.49. The molecule has 0 aromatic heterocycles. The molecule has 0 aliphatic carbocycles. The number of ether oxygens (including phenoxy) is 1. The van der Waals surface area contributed by atoms with E-state index >= 15 is 0 Å². The van der Waals surface area contributed by atoms with Crippen LogP contribution in [0.15, 0.2) is 84.9 Å². The van der Waals surface area contributed by atoms with Crippen LogP contribution in [0.2, 0.25) is 0 Å². The first-order valence-corrected chi connectivity index (χ1v) is 9.58. The lowest BCUT2D eigenvalue weighted by Crippen LogP contribution is -2.33. The number of rotatable bonds is 7. The van der Waals surface area contributed by atoms with Crippen molar-refractivity contribution in [3.8, 4) is 5.75 Å². The van der Waals surface area contributed by atoms with E-state index in [0.717, 1.165) is 5.69 Å².